The quantitative estimate of drug-likeness (QED) is 0.589. The van der Waals surface area contributed by atoms with Crippen LogP contribution < -0.4 is 5.32 Å². The van der Waals surface area contributed by atoms with Gasteiger partial charge in [-0.3, -0.25) is 4.79 Å². The Morgan fingerprint density at radius 1 is 1.35 bits per heavy atom. The van der Waals surface area contributed by atoms with Crippen molar-refractivity contribution in [1.29, 1.82) is 0 Å². The van der Waals surface area contributed by atoms with Gasteiger partial charge in [0.25, 0.3) is 0 Å². The minimum absolute atomic E-state index is 0.0996. The molecule has 90 valence electrons. The van der Waals surface area contributed by atoms with Crippen LogP contribution in [0, 0.1) is 19.3 Å². The molecule has 17 heavy (non-hydrogen) atoms. The molecule has 0 unspecified atom stereocenters. The van der Waals surface area contributed by atoms with E-state index in [1.807, 2.05) is 0 Å². The van der Waals surface area contributed by atoms with E-state index in [9.17, 15) is 4.79 Å². The first kappa shape index (κ1) is 13.3. The summed E-state index contributed by atoms with van der Waals surface area (Å²) in [7, 11) is 0. The molecule has 1 rings (SSSR count). The largest absolute Gasteiger partial charge is 0.356 e. The van der Waals surface area contributed by atoms with Crippen LogP contribution in [0.3, 0.4) is 0 Å². The molecular formula is C15H19NO. The molecule has 2 heteroatoms. The third-order valence-electron chi connectivity index (χ3n) is 2.58. The first-order chi connectivity index (χ1) is 8.22. The molecule has 0 aliphatic rings. The van der Waals surface area contributed by atoms with E-state index >= 15 is 0 Å². The smallest absolute Gasteiger partial charge is 0.220 e. The molecule has 0 bridgehead atoms. The second-order valence-corrected chi connectivity index (χ2v) is 4.14. The van der Waals surface area contributed by atoms with Crippen molar-refractivity contribution < 1.29 is 4.79 Å². The topological polar surface area (TPSA) is 29.1 Å². The van der Waals surface area contributed by atoms with E-state index in [1.165, 1.54) is 11.1 Å². The van der Waals surface area contributed by atoms with E-state index in [0.717, 1.165) is 19.3 Å². The molecule has 0 aliphatic carbocycles. The molecular weight excluding hydrogens is 210 g/mol. The average molecular weight is 229 g/mol. The van der Waals surface area contributed by atoms with Crippen LogP contribution in [-0.4, -0.2) is 12.5 Å². The lowest BCUT2D eigenvalue weighted by Crippen LogP contribution is -2.24. The molecule has 0 aromatic heterocycles. The number of nitrogens with one attached hydrogen (secondary N) is 1. The first-order valence-corrected chi connectivity index (χ1v) is 5.98. The van der Waals surface area contributed by atoms with Crippen LogP contribution in [0.5, 0.6) is 0 Å². The van der Waals surface area contributed by atoms with Crippen molar-refractivity contribution in [2.45, 2.75) is 32.6 Å². The lowest BCUT2D eigenvalue weighted by atomic mass is 10.1. The molecule has 0 spiro atoms. The van der Waals surface area contributed by atoms with Gasteiger partial charge in [0.05, 0.1) is 0 Å². The second kappa shape index (κ2) is 7.51. The lowest BCUT2D eigenvalue weighted by molar-refractivity contribution is -0.121. The lowest BCUT2D eigenvalue weighted by Gasteiger charge is -2.04. The fourth-order valence-corrected chi connectivity index (χ4v) is 1.52. The zero-order chi connectivity index (χ0) is 12.5. The Hall–Kier alpha value is -1.75. The van der Waals surface area contributed by atoms with Crippen LogP contribution in [-0.2, 0) is 11.2 Å². The zero-order valence-corrected chi connectivity index (χ0v) is 10.3. The van der Waals surface area contributed by atoms with Gasteiger partial charge in [0.1, 0.15) is 0 Å². The van der Waals surface area contributed by atoms with E-state index in [0.29, 0.717) is 13.0 Å². The predicted octanol–water partition coefficient (Wildman–Crippen LogP) is 2.46. The first-order valence-electron chi connectivity index (χ1n) is 5.98. The Labute approximate surface area is 103 Å². The molecule has 2 nitrogen and oxygen atoms in total. The summed E-state index contributed by atoms with van der Waals surface area (Å²) < 4.78 is 0. The van der Waals surface area contributed by atoms with Crippen LogP contribution in [0.1, 0.15) is 30.4 Å². The fraction of sp³-hybridized carbons (Fsp3) is 0.400. The highest BCUT2D eigenvalue weighted by atomic mass is 16.1. The summed E-state index contributed by atoms with van der Waals surface area (Å²) in [6.07, 6.45) is 8.04. The summed E-state index contributed by atoms with van der Waals surface area (Å²) in [5.74, 6) is 2.65. The molecule has 1 aromatic rings. The third kappa shape index (κ3) is 5.77. The molecule has 1 N–H and O–H groups in total. The molecule has 1 aromatic carbocycles. The maximum absolute atomic E-state index is 11.5. The van der Waals surface area contributed by atoms with Gasteiger partial charge in [-0.05, 0) is 25.3 Å². The molecule has 0 saturated heterocycles. The number of unbranched alkanes of at least 4 members (excludes halogenated alkanes) is 1. The number of rotatable bonds is 6. The maximum atomic E-state index is 11.5. The van der Waals surface area contributed by atoms with Gasteiger partial charge in [-0.1, -0.05) is 29.8 Å². The van der Waals surface area contributed by atoms with E-state index in [2.05, 4.69) is 42.4 Å². The van der Waals surface area contributed by atoms with Crippen molar-refractivity contribution in [3.63, 3.8) is 0 Å². The highest BCUT2D eigenvalue weighted by Gasteiger charge is 2.01. The highest BCUT2D eigenvalue weighted by molar-refractivity contribution is 5.76. The summed E-state index contributed by atoms with van der Waals surface area (Å²) in [5, 5.41) is 2.86. The third-order valence-corrected chi connectivity index (χ3v) is 2.58. The minimum atomic E-state index is 0.0996. The van der Waals surface area contributed by atoms with Crippen LogP contribution >= 0.6 is 0 Å². The molecule has 0 radical (unpaired) electrons. The number of aryl methyl sites for hydroxylation is 2. The fourth-order valence-electron chi connectivity index (χ4n) is 1.52. The Bertz CT molecular complexity index is 386. The van der Waals surface area contributed by atoms with E-state index < -0.39 is 0 Å². The number of amides is 1. The number of carbonyl (C=O) groups excluding carboxylic acids is 1. The second-order valence-electron chi connectivity index (χ2n) is 4.14. The standard InChI is InChI=1S/C15H19NO/c1-3-4-5-12-16-15(17)11-10-14-8-6-13(2)7-9-14/h1,6-9H,4-5,10-12H2,2H3,(H,16,17). The summed E-state index contributed by atoms with van der Waals surface area (Å²) in [5.41, 5.74) is 2.45. The van der Waals surface area contributed by atoms with E-state index in [1.54, 1.807) is 0 Å². The Balaban J connectivity index is 2.19. The number of terminal acetylenes is 1. The van der Waals surface area contributed by atoms with Gasteiger partial charge < -0.3 is 5.32 Å². The number of benzene rings is 1. The minimum Gasteiger partial charge on any atom is -0.356 e. The van der Waals surface area contributed by atoms with Gasteiger partial charge >= 0.3 is 0 Å². The van der Waals surface area contributed by atoms with Crippen LogP contribution in [0.2, 0.25) is 0 Å². The van der Waals surface area contributed by atoms with Crippen LogP contribution in [0.15, 0.2) is 24.3 Å². The predicted molar refractivity (Wildman–Crippen MR) is 70.6 cm³/mol. The number of carbonyl (C=O) groups is 1. The summed E-state index contributed by atoms with van der Waals surface area (Å²) >= 11 is 0. The van der Waals surface area contributed by atoms with Crippen molar-refractivity contribution in [3.05, 3.63) is 35.4 Å². The van der Waals surface area contributed by atoms with Gasteiger partial charge in [-0.15, -0.1) is 12.3 Å². The van der Waals surface area contributed by atoms with Gasteiger partial charge in [-0.25, -0.2) is 0 Å². The number of hydrogen-bond acceptors (Lipinski definition) is 1. The molecule has 1 amide bonds. The Morgan fingerprint density at radius 3 is 2.71 bits per heavy atom. The summed E-state index contributed by atoms with van der Waals surface area (Å²) in [6.45, 7) is 2.74. The molecule has 0 saturated carbocycles. The SMILES string of the molecule is C#CCCCNC(=O)CCc1ccc(C)cc1. The van der Waals surface area contributed by atoms with E-state index in [4.69, 9.17) is 6.42 Å². The molecule has 0 atom stereocenters. The van der Waals surface area contributed by atoms with Crippen molar-refractivity contribution in [2.24, 2.45) is 0 Å². The van der Waals surface area contributed by atoms with Gasteiger partial charge in [-0.2, -0.15) is 0 Å². The van der Waals surface area contributed by atoms with Crippen molar-refractivity contribution in [1.82, 2.24) is 5.32 Å². The summed E-state index contributed by atoms with van der Waals surface area (Å²) in [6, 6.07) is 8.28. The molecule has 0 aliphatic heterocycles. The summed E-state index contributed by atoms with van der Waals surface area (Å²) in [4.78, 5) is 11.5. The van der Waals surface area contributed by atoms with Crippen molar-refractivity contribution in [2.75, 3.05) is 6.54 Å². The van der Waals surface area contributed by atoms with Gasteiger partial charge in [0, 0.05) is 19.4 Å². The van der Waals surface area contributed by atoms with Gasteiger partial charge in [0.15, 0.2) is 0 Å². The highest BCUT2D eigenvalue weighted by Crippen LogP contribution is 2.05. The molecule has 0 fully saturated rings. The Kier molecular flexibility index (Phi) is 5.88. The van der Waals surface area contributed by atoms with Gasteiger partial charge in [0.2, 0.25) is 5.91 Å². The van der Waals surface area contributed by atoms with Crippen molar-refractivity contribution >= 4 is 5.91 Å². The van der Waals surface area contributed by atoms with Crippen molar-refractivity contribution in [3.8, 4) is 12.3 Å². The number of hydrogen-bond donors (Lipinski definition) is 1. The van der Waals surface area contributed by atoms with E-state index in [-0.39, 0.29) is 5.91 Å². The maximum Gasteiger partial charge on any atom is 0.220 e. The van der Waals surface area contributed by atoms with Crippen LogP contribution in [0.25, 0.3) is 0 Å². The Morgan fingerprint density at radius 2 is 2.06 bits per heavy atom. The normalized spacial score (nSPS) is 9.65. The average Bonchev–Trinajstić information content (AvgIpc) is 2.34. The van der Waals surface area contributed by atoms with Crippen LogP contribution in [0.4, 0.5) is 0 Å². The molecule has 0 heterocycles. The zero-order valence-electron chi connectivity index (χ0n) is 10.3. The monoisotopic (exact) mass is 229 g/mol.